The molecule has 1 heterocycles. The van der Waals surface area contributed by atoms with Gasteiger partial charge in [0.15, 0.2) is 5.75 Å². The molecular formula is C24H19N3O4. The molecule has 154 valence electrons. The Kier molecular flexibility index (Phi) is 5.49. The van der Waals surface area contributed by atoms with Gasteiger partial charge in [-0.05, 0) is 42.5 Å². The van der Waals surface area contributed by atoms with E-state index in [4.69, 9.17) is 4.74 Å². The smallest absolute Gasteiger partial charge is 0.269 e. The van der Waals surface area contributed by atoms with Crippen molar-refractivity contribution in [2.75, 3.05) is 11.9 Å². The van der Waals surface area contributed by atoms with Gasteiger partial charge in [0.2, 0.25) is 0 Å². The van der Waals surface area contributed by atoms with E-state index in [1.54, 1.807) is 43.4 Å². The summed E-state index contributed by atoms with van der Waals surface area (Å²) in [6, 6.07) is 25.4. The van der Waals surface area contributed by atoms with E-state index in [-0.39, 0.29) is 5.91 Å². The number of carbonyl (C=O) groups is 1. The van der Waals surface area contributed by atoms with E-state index in [1.165, 1.54) is 11.0 Å². The van der Waals surface area contributed by atoms with Crippen LogP contribution in [-0.4, -0.2) is 22.7 Å². The summed E-state index contributed by atoms with van der Waals surface area (Å²) in [4.78, 5) is 38.4. The zero-order chi connectivity index (χ0) is 21.8. The number of H-pyrrole nitrogens is 1. The van der Waals surface area contributed by atoms with Gasteiger partial charge in [0.25, 0.3) is 17.0 Å². The number of nitrogens with zero attached hydrogens (tertiary/aromatic N) is 2. The van der Waals surface area contributed by atoms with Crippen LogP contribution in [0.1, 0.15) is 10.4 Å². The summed E-state index contributed by atoms with van der Waals surface area (Å²) in [5.74, 6) is 0.895. The third-order valence-corrected chi connectivity index (χ3v) is 4.67. The summed E-state index contributed by atoms with van der Waals surface area (Å²) in [6.45, 7) is 0. The number of rotatable bonds is 5. The molecule has 1 aromatic heterocycles. The molecular weight excluding hydrogens is 394 g/mol. The van der Waals surface area contributed by atoms with Crippen LogP contribution in [0.4, 0.5) is 5.69 Å². The Morgan fingerprint density at radius 3 is 2.42 bits per heavy atom. The molecule has 0 spiro atoms. The van der Waals surface area contributed by atoms with Crippen LogP contribution >= 0.6 is 0 Å². The number of aromatic nitrogens is 2. The van der Waals surface area contributed by atoms with Crippen molar-refractivity contribution in [2.45, 2.75) is 0 Å². The Hall–Kier alpha value is -4.39. The molecule has 1 N–H and O–H groups in total. The lowest BCUT2D eigenvalue weighted by atomic mass is 10.1. The lowest BCUT2D eigenvalue weighted by Crippen LogP contribution is -2.28. The standard InChI is InChI=1S/C24H19N3O4/c1-26(20-12-5-6-13-21(20)31-19-10-3-2-4-11-19)24(30)17-8-7-9-18(16-17)27-23(29)15-14-22(28)25-27/h2-16H,1H3,(H,25,28). The molecule has 3 aromatic carbocycles. The van der Waals surface area contributed by atoms with Crippen LogP contribution in [0.15, 0.2) is 101 Å². The second-order valence-electron chi connectivity index (χ2n) is 6.78. The van der Waals surface area contributed by atoms with Gasteiger partial charge in [0.05, 0.1) is 11.4 Å². The third kappa shape index (κ3) is 4.30. The fraction of sp³-hybridized carbons (Fsp3) is 0.0417. The van der Waals surface area contributed by atoms with E-state index < -0.39 is 11.1 Å². The molecule has 0 fully saturated rings. The Balaban J connectivity index is 1.66. The summed E-state index contributed by atoms with van der Waals surface area (Å²) >= 11 is 0. The average molecular weight is 413 g/mol. The van der Waals surface area contributed by atoms with Crippen molar-refractivity contribution in [1.29, 1.82) is 0 Å². The molecule has 0 aliphatic heterocycles. The van der Waals surface area contributed by atoms with Crippen molar-refractivity contribution in [2.24, 2.45) is 0 Å². The van der Waals surface area contributed by atoms with Crippen LogP contribution in [0.25, 0.3) is 5.69 Å². The summed E-state index contributed by atoms with van der Waals surface area (Å²) in [7, 11) is 1.65. The molecule has 1 amide bonds. The highest BCUT2D eigenvalue weighted by Gasteiger charge is 2.18. The molecule has 0 saturated carbocycles. The molecule has 4 aromatic rings. The number of para-hydroxylation sites is 3. The number of amides is 1. The number of aromatic amines is 1. The van der Waals surface area contributed by atoms with E-state index in [1.807, 2.05) is 42.5 Å². The minimum absolute atomic E-state index is 0.294. The van der Waals surface area contributed by atoms with Crippen molar-refractivity contribution in [1.82, 2.24) is 9.78 Å². The maximum Gasteiger partial charge on any atom is 0.269 e. The van der Waals surface area contributed by atoms with Crippen LogP contribution in [0.2, 0.25) is 0 Å². The van der Waals surface area contributed by atoms with Gasteiger partial charge in [0.1, 0.15) is 5.75 Å². The van der Waals surface area contributed by atoms with Crippen molar-refractivity contribution < 1.29 is 9.53 Å². The minimum Gasteiger partial charge on any atom is -0.455 e. The lowest BCUT2D eigenvalue weighted by molar-refractivity contribution is 0.0992. The highest BCUT2D eigenvalue weighted by molar-refractivity contribution is 6.06. The molecule has 0 bridgehead atoms. The Labute approximate surface area is 177 Å². The second-order valence-corrected chi connectivity index (χ2v) is 6.78. The van der Waals surface area contributed by atoms with Gasteiger partial charge in [-0.1, -0.05) is 36.4 Å². The minimum atomic E-state index is -0.416. The van der Waals surface area contributed by atoms with Gasteiger partial charge < -0.3 is 9.64 Å². The number of carbonyl (C=O) groups excluding carboxylic acids is 1. The SMILES string of the molecule is CN(C(=O)c1cccc(-n2[nH]c(=O)ccc2=O)c1)c1ccccc1Oc1ccccc1. The van der Waals surface area contributed by atoms with Crippen LogP contribution in [0, 0.1) is 0 Å². The molecule has 0 aliphatic rings. The molecule has 0 aliphatic carbocycles. The monoisotopic (exact) mass is 413 g/mol. The predicted molar refractivity (Wildman–Crippen MR) is 118 cm³/mol. The van der Waals surface area contributed by atoms with E-state index in [0.29, 0.717) is 28.4 Å². The first-order chi connectivity index (χ1) is 15.0. The van der Waals surface area contributed by atoms with Crippen molar-refractivity contribution >= 4 is 11.6 Å². The highest BCUT2D eigenvalue weighted by atomic mass is 16.5. The average Bonchev–Trinajstić information content (AvgIpc) is 2.81. The number of nitrogens with one attached hydrogen (secondary N) is 1. The Morgan fingerprint density at radius 1 is 0.871 bits per heavy atom. The summed E-state index contributed by atoms with van der Waals surface area (Å²) in [5, 5.41) is 2.46. The van der Waals surface area contributed by atoms with Crippen molar-refractivity contribution in [3.63, 3.8) is 0 Å². The normalized spacial score (nSPS) is 10.5. The summed E-state index contributed by atoms with van der Waals surface area (Å²) in [6.07, 6.45) is 0. The highest BCUT2D eigenvalue weighted by Crippen LogP contribution is 2.32. The van der Waals surface area contributed by atoms with Crippen LogP contribution < -0.4 is 20.8 Å². The maximum atomic E-state index is 13.2. The Morgan fingerprint density at radius 2 is 1.61 bits per heavy atom. The number of hydrogen-bond acceptors (Lipinski definition) is 4. The molecule has 0 saturated heterocycles. The number of hydrogen-bond donors (Lipinski definition) is 1. The van der Waals surface area contributed by atoms with Gasteiger partial charge in [-0.3, -0.25) is 19.5 Å². The van der Waals surface area contributed by atoms with Crippen molar-refractivity contribution in [3.05, 3.63) is 117 Å². The van der Waals surface area contributed by atoms with E-state index >= 15 is 0 Å². The Bertz CT molecular complexity index is 1340. The van der Waals surface area contributed by atoms with Gasteiger partial charge in [-0.15, -0.1) is 0 Å². The topological polar surface area (TPSA) is 84.4 Å². The third-order valence-electron chi connectivity index (χ3n) is 4.67. The predicted octanol–water partition coefficient (Wildman–Crippen LogP) is 3.59. The molecule has 0 atom stereocenters. The van der Waals surface area contributed by atoms with Crippen molar-refractivity contribution in [3.8, 4) is 17.2 Å². The largest absolute Gasteiger partial charge is 0.455 e. The molecule has 7 nitrogen and oxygen atoms in total. The zero-order valence-corrected chi connectivity index (χ0v) is 16.7. The maximum absolute atomic E-state index is 13.2. The molecule has 0 unspecified atom stereocenters. The zero-order valence-electron chi connectivity index (χ0n) is 16.7. The number of anilines is 1. The van der Waals surface area contributed by atoms with Gasteiger partial charge >= 0.3 is 0 Å². The van der Waals surface area contributed by atoms with E-state index in [2.05, 4.69) is 5.10 Å². The van der Waals surface area contributed by atoms with Gasteiger partial charge in [0, 0.05) is 24.7 Å². The molecule has 7 heteroatoms. The lowest BCUT2D eigenvalue weighted by Gasteiger charge is -2.21. The number of ether oxygens (including phenoxy) is 1. The molecule has 4 rings (SSSR count). The molecule has 31 heavy (non-hydrogen) atoms. The van der Waals surface area contributed by atoms with Crippen LogP contribution in [0.5, 0.6) is 11.5 Å². The van der Waals surface area contributed by atoms with Gasteiger partial charge in [-0.2, -0.15) is 0 Å². The van der Waals surface area contributed by atoms with E-state index in [0.717, 1.165) is 10.7 Å². The quantitative estimate of drug-likeness (QED) is 0.542. The first-order valence-corrected chi connectivity index (χ1v) is 9.56. The summed E-state index contributed by atoms with van der Waals surface area (Å²) < 4.78 is 7.06. The fourth-order valence-corrected chi connectivity index (χ4v) is 3.13. The van der Waals surface area contributed by atoms with Crippen LogP contribution in [-0.2, 0) is 0 Å². The van der Waals surface area contributed by atoms with E-state index in [9.17, 15) is 14.4 Å². The molecule has 0 radical (unpaired) electrons. The fourth-order valence-electron chi connectivity index (χ4n) is 3.13. The second kappa shape index (κ2) is 8.54. The summed E-state index contributed by atoms with van der Waals surface area (Å²) in [5.41, 5.74) is 0.508. The van der Waals surface area contributed by atoms with Gasteiger partial charge in [-0.25, -0.2) is 4.68 Å². The first kappa shape index (κ1) is 19.9. The first-order valence-electron chi connectivity index (χ1n) is 9.56. The number of benzene rings is 3. The van der Waals surface area contributed by atoms with Crippen LogP contribution in [0.3, 0.4) is 0 Å².